The van der Waals surface area contributed by atoms with Crippen LogP contribution in [0.15, 0.2) is 46.1 Å². The molecule has 2 heterocycles. The topological polar surface area (TPSA) is 134 Å². The highest BCUT2D eigenvalue weighted by Crippen LogP contribution is 2.15. The van der Waals surface area contributed by atoms with Gasteiger partial charge in [-0.15, -0.1) is 24.0 Å². The number of rotatable bonds is 7. The van der Waals surface area contributed by atoms with Crippen LogP contribution in [0.25, 0.3) is 0 Å². The van der Waals surface area contributed by atoms with Gasteiger partial charge < -0.3 is 14.7 Å². The van der Waals surface area contributed by atoms with Crippen molar-refractivity contribution in [3.63, 3.8) is 0 Å². The molecule has 1 aliphatic heterocycles. The van der Waals surface area contributed by atoms with Crippen molar-refractivity contribution in [1.82, 2.24) is 19.7 Å². The molecular formula is C18H25IN6O5S. The zero-order chi connectivity index (χ0) is 21.6. The summed E-state index contributed by atoms with van der Waals surface area (Å²) in [4.78, 5) is 17.1. The molecule has 1 saturated heterocycles. The summed E-state index contributed by atoms with van der Waals surface area (Å²) in [5.41, 5.74) is 1.14. The van der Waals surface area contributed by atoms with E-state index in [1.807, 2.05) is 11.8 Å². The number of nitro groups is 1. The fourth-order valence-corrected chi connectivity index (χ4v) is 4.55. The summed E-state index contributed by atoms with van der Waals surface area (Å²) in [6, 6.07) is 7.90. The average molecular weight is 564 g/mol. The van der Waals surface area contributed by atoms with E-state index in [4.69, 9.17) is 4.52 Å². The molecule has 0 aliphatic carbocycles. The van der Waals surface area contributed by atoms with Crippen molar-refractivity contribution in [2.45, 2.75) is 19.2 Å². The smallest absolute Gasteiger partial charge is 0.269 e. The number of piperazine rings is 1. The van der Waals surface area contributed by atoms with E-state index in [1.165, 1.54) is 28.8 Å². The molecule has 13 heteroatoms. The van der Waals surface area contributed by atoms with Crippen molar-refractivity contribution >= 4 is 45.6 Å². The van der Waals surface area contributed by atoms with Crippen molar-refractivity contribution < 1.29 is 17.9 Å². The van der Waals surface area contributed by atoms with Gasteiger partial charge in [0.15, 0.2) is 5.96 Å². The van der Waals surface area contributed by atoms with Crippen molar-refractivity contribution in [2.24, 2.45) is 4.99 Å². The average Bonchev–Trinajstić information content (AvgIpc) is 3.24. The van der Waals surface area contributed by atoms with E-state index in [1.54, 1.807) is 12.1 Å². The Balaban J connectivity index is 0.00000341. The van der Waals surface area contributed by atoms with Gasteiger partial charge in [-0.3, -0.25) is 10.1 Å². The van der Waals surface area contributed by atoms with Crippen LogP contribution in [0.1, 0.15) is 18.2 Å². The van der Waals surface area contributed by atoms with E-state index in [9.17, 15) is 18.5 Å². The minimum Gasteiger partial charge on any atom is -0.364 e. The fraction of sp³-hybridized carbons (Fsp3) is 0.444. The summed E-state index contributed by atoms with van der Waals surface area (Å²) in [7, 11) is -3.48. The van der Waals surface area contributed by atoms with Gasteiger partial charge in [-0.25, -0.2) is 13.4 Å². The maximum atomic E-state index is 12.6. The first-order valence-electron chi connectivity index (χ1n) is 9.52. The molecule has 0 radical (unpaired) electrons. The van der Waals surface area contributed by atoms with Crippen molar-refractivity contribution in [3.05, 3.63) is 58.0 Å². The third-order valence-electron chi connectivity index (χ3n) is 4.62. The molecule has 1 aromatic heterocycles. The Hall–Kier alpha value is -2.26. The minimum atomic E-state index is -3.48. The highest BCUT2D eigenvalue weighted by Gasteiger charge is 2.29. The highest BCUT2D eigenvalue weighted by atomic mass is 127. The fourth-order valence-electron chi connectivity index (χ4n) is 3.13. The number of hydrogen-bond acceptors (Lipinski definition) is 7. The summed E-state index contributed by atoms with van der Waals surface area (Å²) in [5.74, 6) is 0.460. The maximum absolute atomic E-state index is 12.6. The lowest BCUT2D eigenvalue weighted by molar-refractivity contribution is -0.384. The second-order valence-electron chi connectivity index (χ2n) is 6.73. The SMILES string of the molecule is CCNC(=NCc1cccc([N+](=O)[O-])c1)N1CCN(S(=O)(=O)Cc2ccon2)CC1.I. The molecule has 0 unspecified atom stereocenters. The molecule has 0 atom stereocenters. The van der Waals surface area contributed by atoms with Gasteiger partial charge in [-0.05, 0) is 12.5 Å². The van der Waals surface area contributed by atoms with Gasteiger partial charge in [-0.2, -0.15) is 4.31 Å². The summed E-state index contributed by atoms with van der Waals surface area (Å²) >= 11 is 0. The first kappa shape index (κ1) is 25.0. The number of aromatic nitrogens is 1. The van der Waals surface area contributed by atoms with Crippen LogP contribution in [0, 0.1) is 10.1 Å². The Bertz CT molecular complexity index is 991. The highest BCUT2D eigenvalue weighted by molar-refractivity contribution is 14.0. The molecule has 170 valence electrons. The number of nitrogens with one attached hydrogen (secondary N) is 1. The predicted octanol–water partition coefficient (Wildman–Crippen LogP) is 1.81. The van der Waals surface area contributed by atoms with Gasteiger partial charge in [-0.1, -0.05) is 17.3 Å². The lowest BCUT2D eigenvalue weighted by atomic mass is 10.2. The Morgan fingerprint density at radius 3 is 2.65 bits per heavy atom. The van der Waals surface area contributed by atoms with Crippen LogP contribution in [0.3, 0.4) is 0 Å². The van der Waals surface area contributed by atoms with Crippen LogP contribution >= 0.6 is 24.0 Å². The van der Waals surface area contributed by atoms with Gasteiger partial charge in [0.25, 0.3) is 5.69 Å². The molecule has 3 rings (SSSR count). The van der Waals surface area contributed by atoms with Crippen molar-refractivity contribution in [1.29, 1.82) is 0 Å². The van der Waals surface area contributed by atoms with Gasteiger partial charge in [0.05, 0.1) is 17.2 Å². The van der Waals surface area contributed by atoms with E-state index in [0.29, 0.717) is 44.4 Å². The Labute approximate surface area is 197 Å². The van der Waals surface area contributed by atoms with Gasteiger partial charge >= 0.3 is 0 Å². The third-order valence-corrected chi connectivity index (χ3v) is 6.43. The molecule has 11 nitrogen and oxygen atoms in total. The number of aliphatic imine (C=N–C) groups is 1. The molecule has 0 amide bonds. The predicted molar refractivity (Wildman–Crippen MR) is 126 cm³/mol. The lowest BCUT2D eigenvalue weighted by Crippen LogP contribution is -2.53. The molecule has 1 aromatic carbocycles. The van der Waals surface area contributed by atoms with E-state index in [-0.39, 0.29) is 42.0 Å². The summed E-state index contributed by atoms with van der Waals surface area (Å²) in [6.45, 7) is 4.52. The summed E-state index contributed by atoms with van der Waals surface area (Å²) < 4.78 is 31.3. The number of hydrogen-bond donors (Lipinski definition) is 1. The quantitative estimate of drug-likeness (QED) is 0.177. The normalized spacial score (nSPS) is 15.4. The molecule has 31 heavy (non-hydrogen) atoms. The summed E-state index contributed by atoms with van der Waals surface area (Å²) in [6.07, 6.45) is 1.35. The van der Waals surface area contributed by atoms with Crippen LogP contribution in [-0.4, -0.2) is 66.4 Å². The zero-order valence-electron chi connectivity index (χ0n) is 17.0. The van der Waals surface area contributed by atoms with Crippen molar-refractivity contribution in [3.8, 4) is 0 Å². The number of guanidine groups is 1. The number of sulfonamides is 1. The molecule has 0 saturated carbocycles. The van der Waals surface area contributed by atoms with E-state index in [0.717, 1.165) is 5.56 Å². The van der Waals surface area contributed by atoms with E-state index in [2.05, 4.69) is 15.5 Å². The van der Waals surface area contributed by atoms with E-state index < -0.39 is 14.9 Å². The van der Waals surface area contributed by atoms with Crippen LogP contribution in [0.2, 0.25) is 0 Å². The lowest BCUT2D eigenvalue weighted by Gasteiger charge is -2.35. The number of non-ortho nitro benzene ring substituents is 1. The van der Waals surface area contributed by atoms with Crippen molar-refractivity contribution in [2.75, 3.05) is 32.7 Å². The molecule has 1 N–H and O–H groups in total. The van der Waals surface area contributed by atoms with Gasteiger partial charge in [0, 0.05) is 50.9 Å². The van der Waals surface area contributed by atoms with Gasteiger partial charge in [0.2, 0.25) is 10.0 Å². The minimum absolute atomic E-state index is 0. The van der Waals surface area contributed by atoms with E-state index >= 15 is 0 Å². The Morgan fingerprint density at radius 2 is 2.03 bits per heavy atom. The van der Waals surface area contributed by atoms with Crippen LogP contribution in [0.4, 0.5) is 5.69 Å². The largest absolute Gasteiger partial charge is 0.364 e. The molecule has 1 fully saturated rings. The Morgan fingerprint density at radius 1 is 1.29 bits per heavy atom. The van der Waals surface area contributed by atoms with Crippen LogP contribution < -0.4 is 5.32 Å². The third kappa shape index (κ3) is 6.87. The first-order valence-corrected chi connectivity index (χ1v) is 11.1. The Kier molecular flexibility index (Phi) is 9.18. The monoisotopic (exact) mass is 564 g/mol. The first-order chi connectivity index (χ1) is 14.4. The second kappa shape index (κ2) is 11.4. The second-order valence-corrected chi connectivity index (χ2v) is 8.70. The number of nitrogens with zero attached hydrogens (tertiary/aromatic N) is 5. The van der Waals surface area contributed by atoms with Crippen LogP contribution in [0.5, 0.6) is 0 Å². The zero-order valence-corrected chi connectivity index (χ0v) is 20.2. The molecular weight excluding hydrogens is 539 g/mol. The molecule has 0 spiro atoms. The molecule has 2 aromatic rings. The standard InChI is InChI=1S/C18H24N6O5S.HI/c1-2-19-18(20-13-15-4-3-5-17(12-15)24(25)26)22-7-9-23(10-8-22)30(27,28)14-16-6-11-29-21-16;/h3-6,11-12H,2,7-10,13-14H2,1H3,(H,19,20);1H. The summed E-state index contributed by atoms with van der Waals surface area (Å²) in [5, 5.41) is 17.8. The molecule has 0 bridgehead atoms. The number of nitro benzene ring substituents is 1. The maximum Gasteiger partial charge on any atom is 0.269 e. The molecule has 1 aliphatic rings. The number of benzene rings is 1. The van der Waals surface area contributed by atoms with Crippen LogP contribution in [-0.2, 0) is 22.3 Å². The van der Waals surface area contributed by atoms with Gasteiger partial charge in [0.1, 0.15) is 12.0 Å². The number of halogens is 1.